The number of nitrogens with zero attached hydrogens (tertiary/aromatic N) is 3. The summed E-state index contributed by atoms with van der Waals surface area (Å²) in [4.78, 5) is 45.2. The molecule has 3 rings (SSSR count). The Morgan fingerprint density at radius 1 is 1.11 bits per heavy atom. The molecule has 150 valence electrons. The molecule has 2 aliphatic rings. The van der Waals surface area contributed by atoms with Gasteiger partial charge in [-0.3, -0.25) is 24.8 Å². The largest absolute Gasteiger partial charge is 0.331 e. The first-order valence-corrected chi connectivity index (χ1v) is 9.99. The van der Waals surface area contributed by atoms with E-state index in [9.17, 15) is 14.4 Å². The maximum Gasteiger partial charge on any atom is 0.331 e. The Kier molecular flexibility index (Phi) is 6.92. The molecule has 0 aromatic heterocycles. The number of nitrogens with one attached hydrogen (secondary N) is 1. The smallest absolute Gasteiger partial charge is 0.303 e. The molecular formula is C21H28N4O3. The number of amides is 4. The van der Waals surface area contributed by atoms with Crippen molar-refractivity contribution in [1.29, 1.82) is 0 Å². The zero-order chi connectivity index (χ0) is 19.9. The van der Waals surface area contributed by atoms with E-state index in [-0.39, 0.29) is 6.54 Å². The van der Waals surface area contributed by atoms with Gasteiger partial charge >= 0.3 is 6.03 Å². The third-order valence-corrected chi connectivity index (χ3v) is 5.29. The van der Waals surface area contributed by atoms with Crippen LogP contribution in [0, 0.1) is 5.92 Å². The molecule has 1 N–H and O–H groups in total. The molecule has 0 radical (unpaired) electrons. The molecule has 1 unspecified atom stereocenters. The summed E-state index contributed by atoms with van der Waals surface area (Å²) in [7, 11) is 0. The van der Waals surface area contributed by atoms with Crippen LogP contribution in [0.5, 0.6) is 0 Å². The number of hydrogen-bond acceptors (Lipinski definition) is 5. The molecule has 1 atom stereocenters. The van der Waals surface area contributed by atoms with E-state index in [0.717, 1.165) is 36.5 Å². The topological polar surface area (TPSA) is 82.1 Å². The third-order valence-electron chi connectivity index (χ3n) is 5.29. The second kappa shape index (κ2) is 9.59. The van der Waals surface area contributed by atoms with Crippen molar-refractivity contribution in [2.24, 2.45) is 10.9 Å². The summed E-state index contributed by atoms with van der Waals surface area (Å²) in [6.45, 7) is 5.68. The molecule has 2 aliphatic heterocycles. The van der Waals surface area contributed by atoms with Crippen molar-refractivity contribution in [2.75, 3.05) is 26.2 Å². The maximum absolute atomic E-state index is 12.8. The van der Waals surface area contributed by atoms with Gasteiger partial charge in [0, 0.05) is 12.3 Å². The first-order chi connectivity index (χ1) is 13.6. The lowest BCUT2D eigenvalue weighted by atomic mass is 9.99. The maximum atomic E-state index is 12.8. The average molecular weight is 384 g/mol. The van der Waals surface area contributed by atoms with E-state index in [1.807, 2.05) is 30.3 Å². The molecule has 1 aromatic carbocycles. The fraction of sp³-hybridized carbons (Fsp3) is 0.524. The molecular weight excluding hydrogens is 356 g/mol. The monoisotopic (exact) mass is 384 g/mol. The van der Waals surface area contributed by atoms with Crippen LogP contribution in [0.2, 0.25) is 0 Å². The lowest BCUT2D eigenvalue weighted by Gasteiger charge is -2.30. The van der Waals surface area contributed by atoms with Crippen LogP contribution in [0.3, 0.4) is 0 Å². The number of hydrogen-bond donors (Lipinski definition) is 1. The Bertz CT molecular complexity index is 741. The fourth-order valence-corrected chi connectivity index (χ4v) is 3.72. The Labute approximate surface area is 165 Å². The van der Waals surface area contributed by atoms with E-state index in [1.165, 1.54) is 19.3 Å². The molecule has 28 heavy (non-hydrogen) atoms. The number of barbiturate groups is 1. The molecule has 2 heterocycles. The summed E-state index contributed by atoms with van der Waals surface area (Å²) in [6, 6.07) is 8.57. The van der Waals surface area contributed by atoms with E-state index < -0.39 is 23.8 Å². The molecule has 0 aliphatic carbocycles. The first kappa shape index (κ1) is 20.2. The van der Waals surface area contributed by atoms with Gasteiger partial charge < -0.3 is 4.90 Å². The van der Waals surface area contributed by atoms with Crippen molar-refractivity contribution >= 4 is 23.6 Å². The molecule has 0 saturated carbocycles. The molecule has 2 saturated heterocycles. The van der Waals surface area contributed by atoms with Gasteiger partial charge in [0.05, 0.1) is 6.54 Å². The van der Waals surface area contributed by atoms with Gasteiger partial charge in [-0.05, 0) is 51.4 Å². The van der Waals surface area contributed by atoms with Crippen molar-refractivity contribution in [3.8, 4) is 0 Å². The van der Waals surface area contributed by atoms with Crippen molar-refractivity contribution in [3.63, 3.8) is 0 Å². The van der Waals surface area contributed by atoms with Crippen LogP contribution in [-0.4, -0.2) is 59.5 Å². The number of imide groups is 2. The van der Waals surface area contributed by atoms with E-state index >= 15 is 0 Å². The summed E-state index contributed by atoms with van der Waals surface area (Å²) in [5.74, 6) is -2.12. The summed E-state index contributed by atoms with van der Waals surface area (Å²) >= 11 is 0. The van der Waals surface area contributed by atoms with Crippen LogP contribution in [-0.2, 0) is 16.1 Å². The number of urea groups is 1. The highest BCUT2D eigenvalue weighted by Crippen LogP contribution is 2.16. The van der Waals surface area contributed by atoms with Gasteiger partial charge in [-0.1, -0.05) is 36.8 Å². The number of aliphatic imine (C=N–C) groups is 1. The highest BCUT2D eigenvalue weighted by molar-refractivity contribution is 6.27. The SMILES string of the molecule is CC(=NCCCN1CCCCC1)C1C(=O)NC(=O)N(Cc2ccccc2)C1=O. The van der Waals surface area contributed by atoms with E-state index in [4.69, 9.17) is 0 Å². The summed E-state index contributed by atoms with van der Waals surface area (Å²) in [5.41, 5.74) is 1.29. The van der Waals surface area contributed by atoms with Gasteiger partial charge in [0.1, 0.15) is 0 Å². The minimum absolute atomic E-state index is 0.136. The summed E-state index contributed by atoms with van der Waals surface area (Å²) in [6.07, 6.45) is 4.71. The molecule has 2 fully saturated rings. The van der Waals surface area contributed by atoms with Crippen molar-refractivity contribution < 1.29 is 14.4 Å². The van der Waals surface area contributed by atoms with Crippen LogP contribution in [0.4, 0.5) is 4.79 Å². The third kappa shape index (κ3) is 5.04. The Morgan fingerprint density at radius 3 is 2.54 bits per heavy atom. The molecule has 4 amide bonds. The van der Waals surface area contributed by atoms with Gasteiger partial charge in [0.2, 0.25) is 11.8 Å². The molecule has 0 bridgehead atoms. The van der Waals surface area contributed by atoms with Crippen molar-refractivity contribution in [1.82, 2.24) is 15.1 Å². The normalized spacial score (nSPS) is 21.8. The lowest BCUT2D eigenvalue weighted by molar-refractivity contribution is -0.139. The molecule has 0 spiro atoms. The van der Waals surface area contributed by atoms with Crippen LogP contribution >= 0.6 is 0 Å². The Morgan fingerprint density at radius 2 is 1.82 bits per heavy atom. The highest BCUT2D eigenvalue weighted by Gasteiger charge is 2.41. The van der Waals surface area contributed by atoms with Crippen molar-refractivity contribution in [3.05, 3.63) is 35.9 Å². The van der Waals surface area contributed by atoms with Crippen molar-refractivity contribution in [2.45, 2.75) is 39.2 Å². The fourth-order valence-electron chi connectivity index (χ4n) is 3.72. The minimum atomic E-state index is -1.03. The second-order valence-electron chi connectivity index (χ2n) is 7.42. The minimum Gasteiger partial charge on any atom is -0.303 e. The van der Waals surface area contributed by atoms with Gasteiger partial charge in [-0.2, -0.15) is 0 Å². The standard InChI is InChI=1S/C21H28N4O3/c1-16(22-11-8-14-24-12-6-3-7-13-24)18-19(26)23-21(28)25(20(18)27)15-17-9-4-2-5-10-17/h2,4-5,9-10,18H,3,6-8,11-15H2,1H3,(H,23,26,28). The number of likely N-dealkylation sites (tertiary alicyclic amines) is 1. The second-order valence-corrected chi connectivity index (χ2v) is 7.42. The highest BCUT2D eigenvalue weighted by atomic mass is 16.2. The van der Waals surface area contributed by atoms with E-state index in [2.05, 4.69) is 15.2 Å². The van der Waals surface area contributed by atoms with Crippen LogP contribution in [0.25, 0.3) is 0 Å². The number of piperidine rings is 1. The van der Waals surface area contributed by atoms with Gasteiger partial charge in [0.25, 0.3) is 0 Å². The van der Waals surface area contributed by atoms with Gasteiger partial charge in [-0.15, -0.1) is 0 Å². The Balaban J connectivity index is 1.59. The number of rotatable bonds is 7. The van der Waals surface area contributed by atoms with Gasteiger partial charge in [-0.25, -0.2) is 4.79 Å². The molecule has 1 aromatic rings. The zero-order valence-corrected chi connectivity index (χ0v) is 16.4. The summed E-state index contributed by atoms with van der Waals surface area (Å²) < 4.78 is 0. The van der Waals surface area contributed by atoms with Crippen LogP contribution in [0.1, 0.15) is 38.2 Å². The predicted octanol–water partition coefficient (Wildman–Crippen LogP) is 2.22. The van der Waals surface area contributed by atoms with Gasteiger partial charge in [0.15, 0.2) is 5.92 Å². The number of carbonyl (C=O) groups is 3. The first-order valence-electron chi connectivity index (χ1n) is 9.99. The van der Waals surface area contributed by atoms with E-state index in [0.29, 0.717) is 12.3 Å². The number of carbonyl (C=O) groups excluding carboxylic acids is 3. The van der Waals surface area contributed by atoms with Crippen LogP contribution < -0.4 is 5.32 Å². The lowest BCUT2D eigenvalue weighted by Crippen LogP contribution is -2.59. The quantitative estimate of drug-likeness (QED) is 0.444. The number of benzene rings is 1. The summed E-state index contributed by atoms with van der Waals surface area (Å²) in [5, 5.41) is 2.29. The predicted molar refractivity (Wildman–Crippen MR) is 107 cm³/mol. The molecule has 7 heteroatoms. The van der Waals surface area contributed by atoms with E-state index in [1.54, 1.807) is 6.92 Å². The molecule has 7 nitrogen and oxygen atoms in total. The zero-order valence-electron chi connectivity index (χ0n) is 16.4. The Hall–Kier alpha value is -2.54. The average Bonchev–Trinajstić information content (AvgIpc) is 2.70. The van der Waals surface area contributed by atoms with Crippen LogP contribution in [0.15, 0.2) is 35.3 Å².